The summed E-state index contributed by atoms with van der Waals surface area (Å²) in [5.74, 6) is 0.713. The van der Waals surface area contributed by atoms with Crippen molar-refractivity contribution in [1.29, 1.82) is 0 Å². The molecular formula is C14H20N6O. The second-order valence-electron chi connectivity index (χ2n) is 4.86. The van der Waals surface area contributed by atoms with Crippen molar-refractivity contribution >= 4 is 5.91 Å². The fourth-order valence-electron chi connectivity index (χ4n) is 1.94. The van der Waals surface area contributed by atoms with Crippen LogP contribution in [0.4, 0.5) is 0 Å². The van der Waals surface area contributed by atoms with Crippen LogP contribution in [-0.4, -0.2) is 51.2 Å². The quantitative estimate of drug-likeness (QED) is 0.808. The Morgan fingerprint density at radius 2 is 2.10 bits per heavy atom. The van der Waals surface area contributed by atoms with E-state index >= 15 is 0 Å². The van der Waals surface area contributed by atoms with E-state index in [0.717, 1.165) is 12.1 Å². The van der Waals surface area contributed by atoms with Crippen LogP contribution in [0.2, 0.25) is 0 Å². The van der Waals surface area contributed by atoms with Crippen LogP contribution in [0.15, 0.2) is 30.3 Å². The Labute approximate surface area is 123 Å². The summed E-state index contributed by atoms with van der Waals surface area (Å²) in [5.41, 5.74) is 0.904. The maximum atomic E-state index is 11.7. The molecule has 1 aromatic heterocycles. The molecule has 0 fully saturated rings. The average molecular weight is 288 g/mol. The molecule has 7 heteroatoms. The Hall–Kier alpha value is -2.28. The number of nitrogens with one attached hydrogen (secondary N) is 1. The van der Waals surface area contributed by atoms with Gasteiger partial charge in [0.15, 0.2) is 5.82 Å². The number of nitrogens with zero attached hydrogens (tertiary/aromatic N) is 5. The minimum atomic E-state index is 0.0121. The van der Waals surface area contributed by atoms with Crippen LogP contribution in [-0.2, 0) is 11.3 Å². The molecule has 0 unspecified atom stereocenters. The number of carbonyl (C=O) groups is 1. The molecule has 1 heterocycles. The molecule has 7 nitrogen and oxygen atoms in total. The molecule has 1 N–H and O–H groups in total. The fourth-order valence-corrected chi connectivity index (χ4v) is 1.94. The van der Waals surface area contributed by atoms with Gasteiger partial charge in [-0.1, -0.05) is 25.1 Å². The number of benzene rings is 1. The van der Waals surface area contributed by atoms with Gasteiger partial charge in [0, 0.05) is 6.54 Å². The van der Waals surface area contributed by atoms with Gasteiger partial charge in [-0.3, -0.25) is 9.69 Å². The van der Waals surface area contributed by atoms with E-state index in [9.17, 15) is 4.79 Å². The minimum absolute atomic E-state index is 0.0121. The topological polar surface area (TPSA) is 75.9 Å². The molecule has 0 atom stereocenters. The third-order valence-corrected chi connectivity index (χ3v) is 2.93. The number of hydrogen-bond acceptors (Lipinski definition) is 5. The van der Waals surface area contributed by atoms with E-state index in [4.69, 9.17) is 0 Å². The maximum absolute atomic E-state index is 11.7. The molecule has 21 heavy (non-hydrogen) atoms. The lowest BCUT2D eigenvalue weighted by molar-refractivity contribution is -0.122. The molecule has 2 rings (SSSR count). The van der Waals surface area contributed by atoms with Gasteiger partial charge in [0.05, 0.1) is 18.8 Å². The van der Waals surface area contributed by atoms with E-state index in [0.29, 0.717) is 25.5 Å². The molecule has 0 aliphatic rings. The highest BCUT2D eigenvalue weighted by Crippen LogP contribution is 2.08. The summed E-state index contributed by atoms with van der Waals surface area (Å²) in [4.78, 5) is 13.6. The highest BCUT2D eigenvalue weighted by molar-refractivity contribution is 5.77. The summed E-state index contributed by atoms with van der Waals surface area (Å²) in [5, 5.41) is 14.6. The fraction of sp³-hybridized carbons (Fsp3) is 0.429. The van der Waals surface area contributed by atoms with Gasteiger partial charge in [0.1, 0.15) is 0 Å². The smallest absolute Gasteiger partial charge is 0.234 e. The number of rotatable bonds is 7. The van der Waals surface area contributed by atoms with E-state index in [1.807, 2.05) is 49.2 Å². The first-order valence-corrected chi connectivity index (χ1v) is 6.98. The molecule has 0 saturated carbocycles. The second-order valence-corrected chi connectivity index (χ2v) is 4.86. The monoisotopic (exact) mass is 288 g/mol. The van der Waals surface area contributed by atoms with E-state index in [-0.39, 0.29) is 5.91 Å². The predicted molar refractivity (Wildman–Crippen MR) is 78.8 cm³/mol. The molecule has 1 aromatic carbocycles. The van der Waals surface area contributed by atoms with Crippen LogP contribution in [0.25, 0.3) is 5.69 Å². The van der Waals surface area contributed by atoms with Crippen molar-refractivity contribution in [3.8, 4) is 5.69 Å². The van der Waals surface area contributed by atoms with Crippen LogP contribution in [0, 0.1) is 0 Å². The lowest BCUT2D eigenvalue weighted by atomic mass is 10.3. The van der Waals surface area contributed by atoms with Crippen molar-refractivity contribution in [2.45, 2.75) is 19.9 Å². The molecule has 112 valence electrons. The molecule has 0 saturated heterocycles. The molecule has 0 radical (unpaired) electrons. The Morgan fingerprint density at radius 3 is 2.81 bits per heavy atom. The third kappa shape index (κ3) is 4.35. The van der Waals surface area contributed by atoms with Gasteiger partial charge in [-0.2, -0.15) is 4.68 Å². The Balaban J connectivity index is 1.98. The molecule has 1 amide bonds. The summed E-state index contributed by atoms with van der Waals surface area (Å²) in [7, 11) is 1.87. The first kappa shape index (κ1) is 15.1. The SMILES string of the molecule is CCCNC(=O)CN(C)Cc1nnnn1-c1ccccc1. The summed E-state index contributed by atoms with van der Waals surface area (Å²) < 4.78 is 1.68. The summed E-state index contributed by atoms with van der Waals surface area (Å²) >= 11 is 0. The van der Waals surface area contributed by atoms with E-state index in [1.54, 1.807) is 4.68 Å². The van der Waals surface area contributed by atoms with Crippen LogP contribution in [0.5, 0.6) is 0 Å². The first-order valence-electron chi connectivity index (χ1n) is 6.98. The van der Waals surface area contributed by atoms with Gasteiger partial charge in [0.25, 0.3) is 0 Å². The molecule has 2 aromatic rings. The normalized spacial score (nSPS) is 10.8. The second kappa shape index (κ2) is 7.49. The van der Waals surface area contributed by atoms with Crippen molar-refractivity contribution in [1.82, 2.24) is 30.4 Å². The van der Waals surface area contributed by atoms with Crippen molar-refractivity contribution in [3.63, 3.8) is 0 Å². The highest BCUT2D eigenvalue weighted by Gasteiger charge is 2.12. The standard InChI is InChI=1S/C14H20N6O/c1-3-9-15-14(21)11-19(2)10-13-16-17-18-20(13)12-7-5-4-6-8-12/h4-8H,3,9-11H2,1-2H3,(H,15,21). The van der Waals surface area contributed by atoms with Gasteiger partial charge in [0.2, 0.25) is 5.91 Å². The van der Waals surface area contributed by atoms with Gasteiger partial charge in [-0.15, -0.1) is 5.10 Å². The van der Waals surface area contributed by atoms with E-state index < -0.39 is 0 Å². The predicted octanol–water partition coefficient (Wildman–Crippen LogP) is 0.620. The van der Waals surface area contributed by atoms with E-state index in [1.165, 1.54) is 0 Å². The van der Waals surface area contributed by atoms with Crippen molar-refractivity contribution in [2.24, 2.45) is 0 Å². The van der Waals surface area contributed by atoms with Gasteiger partial charge < -0.3 is 5.32 Å². The molecule has 0 bridgehead atoms. The number of para-hydroxylation sites is 1. The summed E-state index contributed by atoms with van der Waals surface area (Å²) in [6.45, 7) is 3.55. The zero-order valence-corrected chi connectivity index (χ0v) is 12.4. The minimum Gasteiger partial charge on any atom is -0.355 e. The van der Waals surface area contributed by atoms with E-state index in [2.05, 4.69) is 20.8 Å². The number of hydrogen-bond donors (Lipinski definition) is 1. The summed E-state index contributed by atoms with van der Waals surface area (Å²) in [6, 6.07) is 9.69. The molecular weight excluding hydrogens is 268 g/mol. The maximum Gasteiger partial charge on any atom is 0.234 e. The average Bonchev–Trinajstić information content (AvgIpc) is 2.94. The van der Waals surface area contributed by atoms with Crippen LogP contribution >= 0.6 is 0 Å². The number of carbonyl (C=O) groups excluding carboxylic acids is 1. The van der Waals surface area contributed by atoms with Crippen molar-refractivity contribution in [2.75, 3.05) is 20.1 Å². The molecule has 0 spiro atoms. The largest absolute Gasteiger partial charge is 0.355 e. The number of amides is 1. The zero-order chi connectivity index (χ0) is 15.1. The van der Waals surface area contributed by atoms with Crippen molar-refractivity contribution < 1.29 is 4.79 Å². The Kier molecular flexibility index (Phi) is 5.39. The van der Waals surface area contributed by atoms with Crippen molar-refractivity contribution in [3.05, 3.63) is 36.2 Å². The number of likely N-dealkylation sites (N-methyl/N-ethyl adjacent to an activating group) is 1. The lowest BCUT2D eigenvalue weighted by Crippen LogP contribution is -2.35. The van der Waals surface area contributed by atoms with Crippen LogP contribution in [0.1, 0.15) is 19.2 Å². The zero-order valence-electron chi connectivity index (χ0n) is 12.4. The van der Waals surface area contributed by atoms with Crippen LogP contribution in [0.3, 0.4) is 0 Å². The molecule has 0 aliphatic carbocycles. The number of aromatic nitrogens is 4. The highest BCUT2D eigenvalue weighted by atomic mass is 16.2. The Morgan fingerprint density at radius 1 is 1.33 bits per heavy atom. The first-order chi connectivity index (χ1) is 10.2. The van der Waals surface area contributed by atoms with Gasteiger partial charge in [-0.05, 0) is 36.0 Å². The number of tetrazole rings is 1. The summed E-state index contributed by atoms with van der Waals surface area (Å²) in [6.07, 6.45) is 0.932. The Bertz CT molecular complexity index is 568. The van der Waals surface area contributed by atoms with Gasteiger partial charge in [-0.25, -0.2) is 0 Å². The lowest BCUT2D eigenvalue weighted by Gasteiger charge is -2.15. The van der Waals surface area contributed by atoms with Gasteiger partial charge >= 0.3 is 0 Å². The molecule has 0 aliphatic heterocycles. The third-order valence-electron chi connectivity index (χ3n) is 2.93. The van der Waals surface area contributed by atoms with Crippen LogP contribution < -0.4 is 5.32 Å².